The van der Waals surface area contributed by atoms with Gasteiger partial charge >= 0.3 is 0 Å². The summed E-state index contributed by atoms with van der Waals surface area (Å²) in [5, 5.41) is 0. The Kier molecular flexibility index (Phi) is 2.87. The molecular weight excluding hydrogens is 190 g/mol. The first-order chi connectivity index (χ1) is 7.22. The lowest BCUT2D eigenvalue weighted by atomic mass is 9.79. The minimum Gasteiger partial charge on any atom is -0.381 e. The van der Waals surface area contributed by atoms with Crippen LogP contribution in [0, 0.1) is 0 Å². The fraction of sp³-hybridized carbons (Fsp3) is 0.909. The summed E-state index contributed by atoms with van der Waals surface area (Å²) in [5.74, 6) is 0.717. The van der Waals surface area contributed by atoms with Crippen molar-refractivity contribution in [3.8, 4) is 0 Å². The fourth-order valence-electron chi connectivity index (χ4n) is 3.02. The third kappa shape index (κ3) is 1.71. The van der Waals surface area contributed by atoms with Gasteiger partial charge in [-0.1, -0.05) is 0 Å². The lowest BCUT2D eigenvalue weighted by Gasteiger charge is -2.44. The molecule has 0 radical (unpaired) electrons. The van der Waals surface area contributed by atoms with E-state index in [1.165, 1.54) is 19.3 Å². The van der Waals surface area contributed by atoms with Gasteiger partial charge in [0.15, 0.2) is 5.96 Å². The Morgan fingerprint density at radius 2 is 2.47 bits per heavy atom. The predicted octanol–water partition coefficient (Wildman–Crippen LogP) is 0.964. The van der Waals surface area contributed by atoms with Gasteiger partial charge in [-0.25, -0.2) is 0 Å². The van der Waals surface area contributed by atoms with E-state index in [2.05, 4.69) is 16.8 Å². The molecule has 2 rings (SSSR count). The van der Waals surface area contributed by atoms with Crippen LogP contribution in [0.1, 0.15) is 32.6 Å². The molecule has 4 heteroatoms. The Labute approximate surface area is 91.5 Å². The summed E-state index contributed by atoms with van der Waals surface area (Å²) in [6.07, 6.45) is 5.05. The van der Waals surface area contributed by atoms with Crippen molar-refractivity contribution in [1.29, 1.82) is 0 Å². The number of aliphatic imine (C=N–C) groups is 1. The van der Waals surface area contributed by atoms with E-state index >= 15 is 0 Å². The molecule has 2 atom stereocenters. The highest BCUT2D eigenvalue weighted by Crippen LogP contribution is 2.37. The van der Waals surface area contributed by atoms with Gasteiger partial charge in [-0.15, -0.1) is 0 Å². The van der Waals surface area contributed by atoms with Gasteiger partial charge < -0.3 is 15.4 Å². The Bertz CT molecular complexity index is 267. The molecule has 0 aromatic heterocycles. The van der Waals surface area contributed by atoms with Crippen LogP contribution in [0.5, 0.6) is 0 Å². The second-order valence-corrected chi connectivity index (χ2v) is 4.60. The zero-order chi connectivity index (χ0) is 10.9. The fourth-order valence-corrected chi connectivity index (χ4v) is 3.02. The van der Waals surface area contributed by atoms with Crippen LogP contribution in [-0.2, 0) is 4.74 Å². The Morgan fingerprint density at radius 1 is 1.67 bits per heavy atom. The van der Waals surface area contributed by atoms with Gasteiger partial charge in [-0.05, 0) is 32.6 Å². The Balaban J connectivity index is 2.13. The lowest BCUT2D eigenvalue weighted by Crippen LogP contribution is -2.54. The average molecular weight is 211 g/mol. The maximum absolute atomic E-state index is 5.92. The molecule has 86 valence electrons. The van der Waals surface area contributed by atoms with Crippen LogP contribution in [0.3, 0.4) is 0 Å². The van der Waals surface area contributed by atoms with Crippen molar-refractivity contribution in [3.05, 3.63) is 0 Å². The number of hydrogen-bond donors (Lipinski definition) is 1. The minimum absolute atomic E-state index is 0.164. The van der Waals surface area contributed by atoms with Crippen LogP contribution in [0.4, 0.5) is 0 Å². The molecule has 0 bridgehead atoms. The first kappa shape index (κ1) is 10.7. The number of likely N-dealkylation sites (N-methyl/N-ethyl adjacent to an activating group) is 1. The summed E-state index contributed by atoms with van der Waals surface area (Å²) in [7, 11) is 1.80. The van der Waals surface area contributed by atoms with Crippen molar-refractivity contribution in [2.45, 2.75) is 44.2 Å². The molecular formula is C11H21N3O. The second-order valence-electron chi connectivity index (χ2n) is 4.60. The van der Waals surface area contributed by atoms with Gasteiger partial charge in [0, 0.05) is 13.7 Å². The van der Waals surface area contributed by atoms with E-state index in [1.807, 2.05) is 0 Å². The molecule has 2 unspecified atom stereocenters. The van der Waals surface area contributed by atoms with Crippen LogP contribution < -0.4 is 5.73 Å². The highest BCUT2D eigenvalue weighted by Gasteiger charge is 2.44. The maximum atomic E-state index is 5.92. The summed E-state index contributed by atoms with van der Waals surface area (Å²) >= 11 is 0. The minimum atomic E-state index is 0.164. The van der Waals surface area contributed by atoms with Gasteiger partial charge in [0.1, 0.15) is 0 Å². The second kappa shape index (κ2) is 4.00. The average Bonchev–Trinajstić information content (AvgIpc) is 2.55. The van der Waals surface area contributed by atoms with Crippen molar-refractivity contribution in [2.75, 3.05) is 20.2 Å². The monoisotopic (exact) mass is 211 g/mol. The normalized spacial score (nSPS) is 36.0. The zero-order valence-electron chi connectivity index (χ0n) is 9.70. The first-order valence-corrected chi connectivity index (χ1v) is 5.82. The van der Waals surface area contributed by atoms with Gasteiger partial charge in [-0.3, -0.25) is 4.99 Å². The molecule has 15 heavy (non-hydrogen) atoms. The number of methoxy groups -OCH3 is 1. The van der Waals surface area contributed by atoms with Crippen LogP contribution in [0.2, 0.25) is 0 Å². The van der Waals surface area contributed by atoms with E-state index < -0.39 is 0 Å². The topological polar surface area (TPSA) is 50.8 Å². The number of ether oxygens (including phenoxy) is 1. The van der Waals surface area contributed by atoms with E-state index in [0.717, 1.165) is 19.5 Å². The molecule has 0 aromatic carbocycles. The summed E-state index contributed by atoms with van der Waals surface area (Å²) in [6, 6.07) is 0. The molecule has 0 amide bonds. The number of nitrogens with two attached hydrogens (primary N) is 1. The number of hydrogen-bond acceptors (Lipinski definition) is 4. The van der Waals surface area contributed by atoms with E-state index in [0.29, 0.717) is 12.1 Å². The first-order valence-electron chi connectivity index (χ1n) is 5.82. The molecule has 1 heterocycles. The SMILES string of the molecule is CCN1C(N)=NCC12CCCC(OC)C2. The molecule has 1 spiro atoms. The Morgan fingerprint density at radius 3 is 3.13 bits per heavy atom. The number of nitrogens with zero attached hydrogens (tertiary/aromatic N) is 2. The van der Waals surface area contributed by atoms with Gasteiger partial charge in [-0.2, -0.15) is 0 Å². The molecule has 1 fully saturated rings. The largest absolute Gasteiger partial charge is 0.381 e. The number of rotatable bonds is 2. The predicted molar refractivity (Wildman–Crippen MR) is 60.9 cm³/mol. The van der Waals surface area contributed by atoms with Crippen LogP contribution in [-0.4, -0.2) is 42.7 Å². The molecule has 1 saturated carbocycles. The van der Waals surface area contributed by atoms with Gasteiger partial charge in [0.05, 0.1) is 18.2 Å². The summed E-state index contributed by atoms with van der Waals surface area (Å²) in [5.41, 5.74) is 6.08. The van der Waals surface area contributed by atoms with Crippen LogP contribution >= 0.6 is 0 Å². The van der Waals surface area contributed by atoms with Crippen LogP contribution in [0.25, 0.3) is 0 Å². The van der Waals surface area contributed by atoms with Gasteiger partial charge in [0.25, 0.3) is 0 Å². The zero-order valence-corrected chi connectivity index (χ0v) is 9.70. The third-order valence-corrected chi connectivity index (χ3v) is 3.81. The molecule has 2 N–H and O–H groups in total. The van der Waals surface area contributed by atoms with Crippen molar-refractivity contribution < 1.29 is 4.74 Å². The van der Waals surface area contributed by atoms with Crippen molar-refractivity contribution in [3.63, 3.8) is 0 Å². The van der Waals surface area contributed by atoms with Crippen LogP contribution in [0.15, 0.2) is 4.99 Å². The standard InChI is InChI=1S/C11H21N3O/c1-3-14-10(12)13-8-11(14)6-4-5-9(7-11)15-2/h9H,3-8H2,1-2H3,(H2,12,13). The molecule has 4 nitrogen and oxygen atoms in total. The maximum Gasteiger partial charge on any atom is 0.191 e. The van der Waals surface area contributed by atoms with Gasteiger partial charge in [0.2, 0.25) is 0 Å². The third-order valence-electron chi connectivity index (χ3n) is 3.81. The Hall–Kier alpha value is -0.770. The summed E-state index contributed by atoms with van der Waals surface area (Å²) in [6.45, 7) is 3.95. The van der Waals surface area contributed by atoms with Crippen molar-refractivity contribution in [2.24, 2.45) is 10.7 Å². The lowest BCUT2D eigenvalue weighted by molar-refractivity contribution is 0.0104. The highest BCUT2D eigenvalue weighted by molar-refractivity contribution is 5.81. The van der Waals surface area contributed by atoms with E-state index in [-0.39, 0.29) is 5.54 Å². The van der Waals surface area contributed by atoms with E-state index in [1.54, 1.807) is 7.11 Å². The quantitative estimate of drug-likeness (QED) is 0.740. The highest BCUT2D eigenvalue weighted by atomic mass is 16.5. The smallest absolute Gasteiger partial charge is 0.191 e. The molecule has 1 aliphatic carbocycles. The van der Waals surface area contributed by atoms with E-state index in [9.17, 15) is 0 Å². The molecule has 0 aromatic rings. The summed E-state index contributed by atoms with van der Waals surface area (Å²) in [4.78, 5) is 6.66. The number of guanidine groups is 1. The van der Waals surface area contributed by atoms with Crippen molar-refractivity contribution >= 4 is 5.96 Å². The molecule has 0 saturated heterocycles. The van der Waals surface area contributed by atoms with Crippen molar-refractivity contribution in [1.82, 2.24) is 4.90 Å². The molecule has 2 aliphatic rings. The summed E-state index contributed by atoms with van der Waals surface area (Å²) < 4.78 is 5.49. The van der Waals surface area contributed by atoms with E-state index in [4.69, 9.17) is 10.5 Å². The molecule has 1 aliphatic heterocycles.